The van der Waals surface area contributed by atoms with Crippen LogP contribution in [-0.4, -0.2) is 19.3 Å². The van der Waals surface area contributed by atoms with Gasteiger partial charge >= 0.3 is 0 Å². The van der Waals surface area contributed by atoms with Crippen LogP contribution in [0.2, 0.25) is 0 Å². The zero-order valence-electron chi connectivity index (χ0n) is 10.6. The van der Waals surface area contributed by atoms with Gasteiger partial charge in [0, 0.05) is 17.5 Å². The first-order valence-electron chi connectivity index (χ1n) is 6.96. The van der Waals surface area contributed by atoms with Crippen molar-refractivity contribution in [2.24, 2.45) is 0 Å². The Kier molecular flexibility index (Phi) is 4.59. The summed E-state index contributed by atoms with van der Waals surface area (Å²) in [5, 5.41) is 3.74. The molecule has 2 aliphatic rings. The highest BCUT2D eigenvalue weighted by Crippen LogP contribution is 2.36. The molecule has 2 nitrogen and oxygen atoms in total. The van der Waals surface area contributed by atoms with Crippen molar-refractivity contribution in [1.29, 1.82) is 0 Å². The first-order valence-corrected chi connectivity index (χ1v) is 8.85. The molecule has 0 aromatic carbocycles. The van der Waals surface area contributed by atoms with Gasteiger partial charge in [-0.3, -0.25) is 0 Å². The lowest BCUT2D eigenvalue weighted by Crippen LogP contribution is -2.27. The summed E-state index contributed by atoms with van der Waals surface area (Å²) in [4.78, 5) is 1.61. The van der Waals surface area contributed by atoms with Crippen LogP contribution in [-0.2, 0) is 11.2 Å². The largest absolute Gasteiger partial charge is 0.378 e. The summed E-state index contributed by atoms with van der Waals surface area (Å²) in [6.45, 7) is 2.07. The molecule has 0 spiro atoms. The number of hydrogen-bond acceptors (Lipinski definition) is 3. The number of ether oxygens (including phenoxy) is 1. The number of fused-ring (bicyclic) bond motifs is 1. The average Bonchev–Trinajstić information content (AvgIpc) is 2.97. The van der Waals surface area contributed by atoms with Crippen molar-refractivity contribution in [3.8, 4) is 0 Å². The summed E-state index contributed by atoms with van der Waals surface area (Å²) in [6.07, 6.45) is 8.12. The van der Waals surface area contributed by atoms with Gasteiger partial charge in [0.25, 0.3) is 0 Å². The highest BCUT2D eigenvalue weighted by molar-refractivity contribution is 14.1. The van der Waals surface area contributed by atoms with Gasteiger partial charge in [0.2, 0.25) is 0 Å². The third-order valence-electron chi connectivity index (χ3n) is 3.96. The number of hydrogen-bond donors (Lipinski definition) is 1. The van der Waals surface area contributed by atoms with E-state index in [2.05, 4.69) is 34.0 Å². The number of aryl methyl sites for hydroxylation is 1. The Hall–Kier alpha value is 0.350. The van der Waals surface area contributed by atoms with Gasteiger partial charge in [-0.25, -0.2) is 0 Å². The minimum Gasteiger partial charge on any atom is -0.378 e. The van der Waals surface area contributed by atoms with Crippen LogP contribution in [0.3, 0.4) is 0 Å². The van der Waals surface area contributed by atoms with Crippen molar-refractivity contribution in [3.05, 3.63) is 19.4 Å². The lowest BCUT2D eigenvalue weighted by Gasteiger charge is -2.24. The molecule has 0 amide bonds. The second-order valence-corrected chi connectivity index (χ2v) is 8.28. The Morgan fingerprint density at radius 1 is 1.39 bits per heavy atom. The van der Waals surface area contributed by atoms with Crippen molar-refractivity contribution in [1.82, 2.24) is 5.32 Å². The van der Waals surface area contributed by atoms with Gasteiger partial charge < -0.3 is 10.1 Å². The van der Waals surface area contributed by atoms with Gasteiger partial charge in [0.05, 0.1) is 8.99 Å². The second kappa shape index (κ2) is 6.20. The zero-order chi connectivity index (χ0) is 12.4. The molecule has 1 aromatic rings. The van der Waals surface area contributed by atoms with E-state index in [1.807, 2.05) is 11.3 Å². The van der Waals surface area contributed by atoms with E-state index in [0.717, 1.165) is 13.2 Å². The molecule has 18 heavy (non-hydrogen) atoms. The number of halogens is 1. The van der Waals surface area contributed by atoms with Gasteiger partial charge in [-0.05, 0) is 79.3 Å². The van der Waals surface area contributed by atoms with Crippen molar-refractivity contribution < 1.29 is 4.74 Å². The van der Waals surface area contributed by atoms with Gasteiger partial charge in [0.1, 0.15) is 0 Å². The molecule has 2 unspecified atom stereocenters. The number of nitrogens with one attached hydrogen (secondary N) is 1. The molecular formula is C14H20INOS. The summed E-state index contributed by atoms with van der Waals surface area (Å²) in [5.74, 6) is 0. The normalized spacial score (nSPS) is 27.4. The lowest BCUT2D eigenvalue weighted by molar-refractivity contribution is 0.103. The fourth-order valence-corrected chi connectivity index (χ4v) is 5.14. The molecule has 0 radical (unpaired) electrons. The molecule has 0 bridgehead atoms. The predicted octanol–water partition coefficient (Wildman–Crippen LogP) is 3.89. The minimum atomic E-state index is 0.517. The van der Waals surface area contributed by atoms with Gasteiger partial charge in [0.15, 0.2) is 0 Å². The van der Waals surface area contributed by atoms with E-state index < -0.39 is 0 Å². The maximum Gasteiger partial charge on any atom is 0.0659 e. The van der Waals surface area contributed by atoms with Crippen LogP contribution >= 0.6 is 33.9 Å². The maximum atomic E-state index is 5.68. The fraction of sp³-hybridized carbons (Fsp3) is 0.714. The van der Waals surface area contributed by atoms with Crippen LogP contribution in [0.4, 0.5) is 0 Å². The Morgan fingerprint density at radius 2 is 2.33 bits per heavy atom. The van der Waals surface area contributed by atoms with E-state index >= 15 is 0 Å². The molecule has 4 heteroatoms. The van der Waals surface area contributed by atoms with Crippen LogP contribution in [0.1, 0.15) is 48.6 Å². The zero-order valence-corrected chi connectivity index (χ0v) is 13.6. The van der Waals surface area contributed by atoms with E-state index in [-0.39, 0.29) is 0 Å². The van der Waals surface area contributed by atoms with E-state index in [1.54, 1.807) is 10.4 Å². The third-order valence-corrected chi connectivity index (χ3v) is 5.94. The lowest BCUT2D eigenvalue weighted by atomic mass is 9.94. The summed E-state index contributed by atoms with van der Waals surface area (Å²) >= 11 is 4.42. The number of rotatable bonds is 4. The van der Waals surface area contributed by atoms with E-state index in [9.17, 15) is 0 Å². The molecule has 3 rings (SSSR count). The van der Waals surface area contributed by atoms with Crippen molar-refractivity contribution in [2.75, 3.05) is 13.2 Å². The van der Waals surface area contributed by atoms with Crippen LogP contribution in [0.5, 0.6) is 0 Å². The van der Waals surface area contributed by atoms with Crippen LogP contribution in [0.25, 0.3) is 0 Å². The van der Waals surface area contributed by atoms with Crippen molar-refractivity contribution in [2.45, 2.75) is 50.7 Å². The topological polar surface area (TPSA) is 21.3 Å². The Balaban J connectivity index is 1.53. The van der Waals surface area contributed by atoms with Crippen molar-refractivity contribution >= 4 is 33.9 Å². The molecule has 1 N–H and O–H groups in total. The maximum absolute atomic E-state index is 5.68. The average molecular weight is 377 g/mol. The Labute approximate surface area is 127 Å². The summed E-state index contributed by atoms with van der Waals surface area (Å²) in [5.41, 5.74) is 1.57. The van der Waals surface area contributed by atoms with Crippen LogP contribution < -0.4 is 5.32 Å². The first kappa shape index (κ1) is 13.3. The molecule has 2 atom stereocenters. The highest BCUT2D eigenvalue weighted by atomic mass is 127. The third kappa shape index (κ3) is 3.08. The van der Waals surface area contributed by atoms with Gasteiger partial charge in [-0.1, -0.05) is 0 Å². The van der Waals surface area contributed by atoms with Gasteiger partial charge in [-0.2, -0.15) is 0 Å². The molecule has 1 aliphatic heterocycles. The predicted molar refractivity (Wildman–Crippen MR) is 84.3 cm³/mol. The van der Waals surface area contributed by atoms with E-state index in [4.69, 9.17) is 4.74 Å². The second-order valence-electron chi connectivity index (χ2n) is 5.25. The number of thiophene rings is 1. The molecule has 1 fully saturated rings. The Bertz CT molecular complexity index is 400. The molecule has 1 aliphatic carbocycles. The first-order chi connectivity index (χ1) is 8.83. The monoisotopic (exact) mass is 377 g/mol. The molecule has 1 saturated heterocycles. The van der Waals surface area contributed by atoms with Crippen LogP contribution in [0, 0.1) is 2.88 Å². The Morgan fingerprint density at radius 3 is 3.17 bits per heavy atom. The quantitative estimate of drug-likeness (QED) is 0.804. The molecule has 1 aromatic heterocycles. The molecule has 2 heterocycles. The summed E-state index contributed by atoms with van der Waals surface area (Å²) < 4.78 is 7.11. The van der Waals surface area contributed by atoms with Gasteiger partial charge in [-0.15, -0.1) is 11.3 Å². The van der Waals surface area contributed by atoms with Crippen molar-refractivity contribution in [3.63, 3.8) is 0 Å². The van der Waals surface area contributed by atoms with E-state index in [1.165, 1.54) is 41.4 Å². The van der Waals surface area contributed by atoms with Crippen LogP contribution in [0.15, 0.2) is 6.07 Å². The fourth-order valence-electron chi connectivity index (χ4n) is 3.02. The molecule has 0 saturated carbocycles. The minimum absolute atomic E-state index is 0.517. The summed E-state index contributed by atoms with van der Waals surface area (Å²) in [6, 6.07) is 2.97. The standard InChI is InChI=1S/C14H20INOS/c15-14-9-11-12(4-1-5-13(11)18-14)16-7-6-10-3-2-8-17-10/h9-10,12,16H,1-8H2. The van der Waals surface area contributed by atoms with E-state index in [0.29, 0.717) is 12.1 Å². The molecule has 100 valence electrons. The summed E-state index contributed by atoms with van der Waals surface area (Å²) in [7, 11) is 0. The highest BCUT2D eigenvalue weighted by Gasteiger charge is 2.22. The SMILES string of the molecule is Ic1cc2c(s1)CCCC2NCCC1CCCO1. The smallest absolute Gasteiger partial charge is 0.0659 e. The molecular weight excluding hydrogens is 357 g/mol.